The Morgan fingerprint density at radius 2 is 1.73 bits per heavy atom. The number of hydrogen-bond donors (Lipinski definition) is 0. The van der Waals surface area contributed by atoms with Gasteiger partial charge in [-0.15, -0.1) is 0 Å². The van der Waals surface area contributed by atoms with E-state index in [-0.39, 0.29) is 0 Å². The summed E-state index contributed by atoms with van der Waals surface area (Å²) in [7, 11) is -3.44. The van der Waals surface area contributed by atoms with Gasteiger partial charge in [-0.25, -0.2) is 13.1 Å². The van der Waals surface area contributed by atoms with Crippen molar-refractivity contribution in [3.8, 4) is 0 Å². The van der Waals surface area contributed by atoms with Crippen molar-refractivity contribution in [2.24, 2.45) is 0 Å². The summed E-state index contributed by atoms with van der Waals surface area (Å²) >= 11 is 5.65. The first-order valence-corrected chi connectivity index (χ1v) is 12.8. The summed E-state index contributed by atoms with van der Waals surface area (Å²) in [5.74, 6) is 1.09. The summed E-state index contributed by atoms with van der Waals surface area (Å²) in [5, 5.41) is 4.75. The van der Waals surface area contributed by atoms with Crippen molar-refractivity contribution in [3.63, 3.8) is 0 Å². The predicted octanol–water partition coefficient (Wildman–Crippen LogP) is 3.06. The van der Waals surface area contributed by atoms with Gasteiger partial charge in [0.15, 0.2) is 4.77 Å². The molecule has 9 heteroatoms. The van der Waals surface area contributed by atoms with Crippen molar-refractivity contribution in [3.05, 3.63) is 40.4 Å². The number of hydrogen-bond acceptors (Lipinski definition) is 5. The van der Waals surface area contributed by atoms with Crippen LogP contribution in [0, 0.1) is 4.77 Å². The second-order valence-electron chi connectivity index (χ2n) is 8.22. The maximum Gasteiger partial charge on any atom is 0.243 e. The van der Waals surface area contributed by atoms with E-state index in [4.69, 9.17) is 17.3 Å². The number of nitrogens with zero attached hydrogens (tertiary/aromatic N) is 5. The molecule has 0 unspecified atom stereocenters. The van der Waals surface area contributed by atoms with Crippen LogP contribution in [0.2, 0.25) is 0 Å². The Labute approximate surface area is 184 Å². The Bertz CT molecular complexity index is 1020. The number of sulfonamides is 1. The maximum atomic E-state index is 13.0. The minimum Gasteiger partial charge on any atom is -0.304 e. The van der Waals surface area contributed by atoms with Crippen LogP contribution in [0.5, 0.6) is 0 Å². The number of fused-ring (bicyclic) bond motifs is 1. The lowest BCUT2D eigenvalue weighted by Gasteiger charge is -2.33. The van der Waals surface area contributed by atoms with Crippen LogP contribution < -0.4 is 0 Å². The summed E-state index contributed by atoms with van der Waals surface area (Å²) in [6, 6.07) is 7.34. The fraction of sp³-hybridized carbons (Fsp3) is 0.619. The van der Waals surface area contributed by atoms with Gasteiger partial charge in [0.2, 0.25) is 10.0 Å². The molecule has 2 aliphatic heterocycles. The number of aromatic nitrogens is 3. The highest BCUT2D eigenvalue weighted by Gasteiger charge is 2.29. The summed E-state index contributed by atoms with van der Waals surface area (Å²) < 4.78 is 32.5. The van der Waals surface area contributed by atoms with E-state index < -0.39 is 10.0 Å². The number of rotatable bonds is 6. The van der Waals surface area contributed by atoms with Gasteiger partial charge < -0.3 is 4.57 Å². The first kappa shape index (κ1) is 21.7. The van der Waals surface area contributed by atoms with E-state index in [1.54, 1.807) is 16.4 Å². The van der Waals surface area contributed by atoms with E-state index in [0.29, 0.717) is 37.7 Å². The van der Waals surface area contributed by atoms with Crippen LogP contribution >= 0.6 is 12.2 Å². The van der Waals surface area contributed by atoms with Crippen molar-refractivity contribution in [1.82, 2.24) is 23.6 Å². The molecule has 0 amide bonds. The number of piperazine rings is 1. The quantitative estimate of drug-likeness (QED) is 0.635. The second kappa shape index (κ2) is 9.30. The van der Waals surface area contributed by atoms with Crippen LogP contribution in [0.1, 0.15) is 44.0 Å². The minimum atomic E-state index is -3.44. The Balaban J connectivity index is 1.38. The zero-order valence-electron chi connectivity index (χ0n) is 17.7. The molecule has 2 aromatic rings. The third-order valence-corrected chi connectivity index (χ3v) is 8.39. The van der Waals surface area contributed by atoms with E-state index >= 15 is 0 Å². The van der Waals surface area contributed by atoms with Gasteiger partial charge in [-0.2, -0.15) is 9.40 Å². The normalized spacial score (nSPS) is 18.8. The van der Waals surface area contributed by atoms with Crippen LogP contribution in [-0.4, -0.2) is 58.1 Å². The Morgan fingerprint density at radius 1 is 1.00 bits per heavy atom. The lowest BCUT2D eigenvalue weighted by molar-refractivity contribution is 0.144. The Morgan fingerprint density at radius 3 is 2.43 bits per heavy atom. The summed E-state index contributed by atoms with van der Waals surface area (Å²) in [5.41, 5.74) is 1.18. The topological polar surface area (TPSA) is 63.4 Å². The van der Waals surface area contributed by atoms with Crippen LogP contribution in [0.15, 0.2) is 29.2 Å². The molecule has 164 valence electrons. The average molecular weight is 450 g/mol. The molecule has 1 fully saturated rings. The molecule has 30 heavy (non-hydrogen) atoms. The van der Waals surface area contributed by atoms with Gasteiger partial charge >= 0.3 is 0 Å². The van der Waals surface area contributed by atoms with Crippen LogP contribution in [-0.2, 0) is 36.1 Å². The van der Waals surface area contributed by atoms with Crippen LogP contribution in [0.3, 0.4) is 0 Å². The van der Waals surface area contributed by atoms with E-state index in [1.165, 1.54) is 18.4 Å². The molecule has 7 nitrogen and oxygen atoms in total. The monoisotopic (exact) mass is 449 g/mol. The maximum absolute atomic E-state index is 13.0. The van der Waals surface area contributed by atoms with Crippen molar-refractivity contribution in [2.45, 2.75) is 63.6 Å². The first-order chi connectivity index (χ1) is 14.5. The average Bonchev–Trinajstić information content (AvgIpc) is 2.91. The van der Waals surface area contributed by atoms with E-state index in [2.05, 4.69) is 16.4 Å². The highest BCUT2D eigenvalue weighted by atomic mass is 32.2. The minimum absolute atomic E-state index is 0.385. The molecule has 2 aliphatic rings. The van der Waals surface area contributed by atoms with Crippen LogP contribution in [0.25, 0.3) is 0 Å². The van der Waals surface area contributed by atoms with Gasteiger partial charge in [0.1, 0.15) is 5.82 Å². The van der Waals surface area contributed by atoms with Crippen molar-refractivity contribution in [1.29, 1.82) is 0 Å². The molecule has 1 aromatic heterocycles. The van der Waals surface area contributed by atoms with E-state index in [1.807, 2.05) is 16.8 Å². The third kappa shape index (κ3) is 4.54. The van der Waals surface area contributed by atoms with Gasteiger partial charge in [0.05, 0.1) is 11.6 Å². The van der Waals surface area contributed by atoms with Gasteiger partial charge in [0.25, 0.3) is 0 Å². The van der Waals surface area contributed by atoms with Gasteiger partial charge in [0, 0.05) is 39.1 Å². The van der Waals surface area contributed by atoms with Crippen LogP contribution in [0.4, 0.5) is 0 Å². The van der Waals surface area contributed by atoms with E-state index in [0.717, 1.165) is 42.8 Å². The zero-order valence-corrected chi connectivity index (χ0v) is 19.3. The van der Waals surface area contributed by atoms with Crippen molar-refractivity contribution < 1.29 is 8.42 Å². The molecular formula is C21H31N5O2S2. The first-order valence-electron chi connectivity index (χ1n) is 11.0. The molecule has 0 radical (unpaired) electrons. The molecule has 4 rings (SSSR count). The Kier molecular flexibility index (Phi) is 6.72. The number of benzene rings is 1. The largest absolute Gasteiger partial charge is 0.304 e. The molecule has 0 aliphatic carbocycles. The third-order valence-electron chi connectivity index (χ3n) is 6.05. The zero-order chi connectivity index (χ0) is 21.1. The SMILES string of the molecule is CCCc1ccc(S(=O)(=O)N2CCN(Cn3nc4n(c3=S)CCCCC4)CC2)cc1. The lowest BCUT2D eigenvalue weighted by Crippen LogP contribution is -2.48. The molecule has 3 heterocycles. The molecule has 0 atom stereocenters. The molecule has 0 N–H and O–H groups in total. The Hall–Kier alpha value is -1.55. The highest BCUT2D eigenvalue weighted by molar-refractivity contribution is 7.89. The predicted molar refractivity (Wildman–Crippen MR) is 119 cm³/mol. The van der Waals surface area contributed by atoms with Gasteiger partial charge in [-0.05, 0) is 49.2 Å². The molecule has 1 aromatic carbocycles. The fourth-order valence-corrected chi connectivity index (χ4v) is 6.00. The molecule has 0 bridgehead atoms. The van der Waals surface area contributed by atoms with Crippen molar-refractivity contribution >= 4 is 22.2 Å². The van der Waals surface area contributed by atoms with Gasteiger partial charge in [-0.1, -0.05) is 31.9 Å². The summed E-state index contributed by atoms with van der Waals surface area (Å²) in [4.78, 5) is 2.62. The van der Waals surface area contributed by atoms with E-state index in [9.17, 15) is 8.42 Å². The smallest absolute Gasteiger partial charge is 0.243 e. The molecule has 0 saturated carbocycles. The number of aryl methyl sites for hydroxylation is 2. The molecule has 1 saturated heterocycles. The standard InChI is InChI=1S/C21H31N5O2S2/c1-2-6-18-8-10-19(11-9-18)30(27,28)24-15-13-23(14-16-24)17-26-21(29)25-12-5-3-4-7-20(25)22-26/h8-11H,2-7,12-17H2,1H3. The van der Waals surface area contributed by atoms with Gasteiger partial charge in [-0.3, -0.25) is 4.90 Å². The van der Waals surface area contributed by atoms with Crippen molar-refractivity contribution in [2.75, 3.05) is 26.2 Å². The highest BCUT2D eigenvalue weighted by Crippen LogP contribution is 2.20. The fourth-order valence-electron chi connectivity index (χ4n) is 4.28. The lowest BCUT2D eigenvalue weighted by atomic mass is 10.1. The molecule has 0 spiro atoms. The molecular weight excluding hydrogens is 418 g/mol. The second-order valence-corrected chi connectivity index (χ2v) is 10.5. The summed E-state index contributed by atoms with van der Waals surface area (Å²) in [6.07, 6.45) is 6.57. The summed E-state index contributed by atoms with van der Waals surface area (Å²) in [6.45, 7) is 6.03.